The summed E-state index contributed by atoms with van der Waals surface area (Å²) in [4.78, 5) is 21.7. The number of carbonyl (C=O) groups excluding carboxylic acids is 2. The number of esters is 1. The molecule has 0 spiro atoms. The predicted molar refractivity (Wildman–Crippen MR) is 54.7 cm³/mol. The molecule has 0 bridgehead atoms. The third-order valence-electron chi connectivity index (χ3n) is 1.63. The van der Waals surface area contributed by atoms with E-state index in [0.29, 0.717) is 0 Å². The first-order valence-electron chi connectivity index (χ1n) is 3.99. The van der Waals surface area contributed by atoms with Gasteiger partial charge in [0.2, 0.25) is 0 Å². The fourth-order valence-corrected chi connectivity index (χ4v) is 1.20. The van der Waals surface area contributed by atoms with Gasteiger partial charge >= 0.3 is 11.9 Å². The number of hydrogen-bond donors (Lipinski definition) is 1. The van der Waals surface area contributed by atoms with Gasteiger partial charge in [0.25, 0.3) is 0 Å². The highest BCUT2D eigenvalue weighted by Crippen LogP contribution is 2.23. The van der Waals surface area contributed by atoms with Crippen LogP contribution >= 0.6 is 15.9 Å². The Balaban J connectivity index is 2.94. The predicted octanol–water partition coefficient (Wildman–Crippen LogP) is 1.84. The summed E-state index contributed by atoms with van der Waals surface area (Å²) in [5.74, 6) is -4.00. The van der Waals surface area contributed by atoms with Gasteiger partial charge in [0.1, 0.15) is 11.6 Å². The van der Waals surface area contributed by atoms with Crippen molar-refractivity contribution in [1.29, 1.82) is 0 Å². The van der Waals surface area contributed by atoms with E-state index in [2.05, 4.69) is 20.7 Å². The highest BCUT2D eigenvalue weighted by molar-refractivity contribution is 9.10. The van der Waals surface area contributed by atoms with Crippen molar-refractivity contribution >= 4 is 33.5 Å². The molecule has 0 heterocycles. The van der Waals surface area contributed by atoms with Gasteiger partial charge in [-0.3, -0.25) is 4.79 Å². The van der Waals surface area contributed by atoms with Crippen LogP contribution in [0, 0.1) is 11.6 Å². The van der Waals surface area contributed by atoms with E-state index >= 15 is 0 Å². The molecule has 0 saturated carbocycles. The van der Waals surface area contributed by atoms with Gasteiger partial charge in [-0.1, -0.05) is 0 Å². The zero-order chi connectivity index (χ0) is 12.3. The van der Waals surface area contributed by atoms with E-state index in [4.69, 9.17) is 0 Å². The Kier molecular flexibility index (Phi) is 3.94. The van der Waals surface area contributed by atoms with Gasteiger partial charge in [-0.15, -0.1) is 0 Å². The van der Waals surface area contributed by atoms with E-state index in [1.54, 1.807) is 0 Å². The Hall–Kier alpha value is -1.50. The average molecular weight is 294 g/mol. The molecule has 86 valence electrons. The zero-order valence-corrected chi connectivity index (χ0v) is 9.60. The lowest BCUT2D eigenvalue weighted by molar-refractivity contribution is -0.150. The molecule has 7 heteroatoms. The molecule has 0 fully saturated rings. The van der Waals surface area contributed by atoms with Crippen LogP contribution in [0.2, 0.25) is 0 Å². The van der Waals surface area contributed by atoms with Crippen molar-refractivity contribution < 1.29 is 23.1 Å². The van der Waals surface area contributed by atoms with Crippen molar-refractivity contribution in [1.82, 2.24) is 0 Å². The van der Waals surface area contributed by atoms with Crippen LogP contribution in [0.15, 0.2) is 16.6 Å². The largest absolute Gasteiger partial charge is 0.462 e. The van der Waals surface area contributed by atoms with Crippen LogP contribution < -0.4 is 5.32 Å². The minimum Gasteiger partial charge on any atom is -0.462 e. The van der Waals surface area contributed by atoms with E-state index in [-0.39, 0.29) is 4.47 Å². The van der Waals surface area contributed by atoms with Gasteiger partial charge < -0.3 is 10.1 Å². The Morgan fingerprint density at radius 3 is 2.50 bits per heavy atom. The normalized spacial score (nSPS) is 9.75. The Labute approximate surface area is 97.7 Å². The van der Waals surface area contributed by atoms with Crippen LogP contribution in [-0.2, 0) is 14.3 Å². The van der Waals surface area contributed by atoms with E-state index in [9.17, 15) is 18.4 Å². The average Bonchev–Trinajstić information content (AvgIpc) is 2.24. The number of carbonyl (C=O) groups is 2. The number of hydrogen-bond acceptors (Lipinski definition) is 3. The Bertz CT molecular complexity index is 451. The Morgan fingerprint density at radius 1 is 1.31 bits per heavy atom. The second-order valence-electron chi connectivity index (χ2n) is 2.69. The minimum absolute atomic E-state index is 0.0823. The molecule has 0 aromatic heterocycles. The fraction of sp³-hybridized carbons (Fsp3) is 0.111. The molecular weight excluding hydrogens is 288 g/mol. The lowest BCUT2D eigenvalue weighted by Crippen LogP contribution is -2.24. The van der Waals surface area contributed by atoms with Crippen molar-refractivity contribution in [2.24, 2.45) is 0 Å². The molecule has 0 unspecified atom stereocenters. The van der Waals surface area contributed by atoms with E-state index in [1.807, 2.05) is 5.32 Å². The highest BCUT2D eigenvalue weighted by atomic mass is 79.9. The molecule has 1 amide bonds. The van der Waals surface area contributed by atoms with Gasteiger partial charge in [0.05, 0.1) is 17.3 Å². The number of halogens is 3. The van der Waals surface area contributed by atoms with Crippen molar-refractivity contribution in [2.45, 2.75) is 0 Å². The van der Waals surface area contributed by atoms with Gasteiger partial charge in [0, 0.05) is 6.07 Å². The first-order valence-corrected chi connectivity index (χ1v) is 4.79. The summed E-state index contributed by atoms with van der Waals surface area (Å²) >= 11 is 2.77. The number of ether oxygens (including phenoxy) is 1. The molecule has 0 aliphatic rings. The zero-order valence-electron chi connectivity index (χ0n) is 8.01. The van der Waals surface area contributed by atoms with E-state index in [0.717, 1.165) is 19.2 Å². The monoisotopic (exact) mass is 293 g/mol. The summed E-state index contributed by atoms with van der Waals surface area (Å²) in [7, 11) is 1.00. The molecule has 0 radical (unpaired) electrons. The summed E-state index contributed by atoms with van der Waals surface area (Å²) in [5.41, 5.74) is -0.434. The number of amides is 1. The third kappa shape index (κ3) is 2.75. The van der Waals surface area contributed by atoms with Crippen molar-refractivity contribution in [2.75, 3.05) is 12.4 Å². The van der Waals surface area contributed by atoms with Crippen LogP contribution in [-0.4, -0.2) is 19.0 Å². The molecule has 0 atom stereocenters. The number of methoxy groups -OCH3 is 1. The lowest BCUT2D eigenvalue weighted by Gasteiger charge is -2.05. The van der Waals surface area contributed by atoms with Gasteiger partial charge in [0.15, 0.2) is 0 Å². The summed E-state index contributed by atoms with van der Waals surface area (Å²) < 4.78 is 30.2. The smallest absolute Gasteiger partial charge is 0.396 e. The number of nitrogens with one attached hydrogen (secondary N) is 1. The fourth-order valence-electron chi connectivity index (χ4n) is 0.884. The maximum Gasteiger partial charge on any atom is 0.396 e. The molecule has 4 nitrogen and oxygen atoms in total. The summed E-state index contributed by atoms with van der Waals surface area (Å²) in [6.45, 7) is 0. The maximum absolute atomic E-state index is 13.2. The first-order chi connectivity index (χ1) is 7.45. The summed E-state index contributed by atoms with van der Waals surface area (Å²) in [6, 6.07) is 1.59. The van der Waals surface area contributed by atoms with Crippen molar-refractivity contribution in [3.05, 3.63) is 28.2 Å². The van der Waals surface area contributed by atoms with Gasteiger partial charge in [-0.25, -0.2) is 13.6 Å². The molecule has 1 rings (SSSR count). The standard InChI is InChI=1S/C9H6BrF2NO3/c1-16-9(15)8(14)13-7-3-5(11)4(10)2-6(7)12/h2-3H,1H3,(H,13,14). The molecule has 0 aliphatic carbocycles. The molecule has 16 heavy (non-hydrogen) atoms. The quantitative estimate of drug-likeness (QED) is 0.488. The molecule has 1 aromatic carbocycles. The van der Waals surface area contributed by atoms with E-state index < -0.39 is 29.2 Å². The first kappa shape index (κ1) is 12.6. The SMILES string of the molecule is COC(=O)C(=O)Nc1cc(F)c(Br)cc1F. The second-order valence-corrected chi connectivity index (χ2v) is 3.55. The topological polar surface area (TPSA) is 55.4 Å². The summed E-state index contributed by atoms with van der Waals surface area (Å²) in [5, 5.41) is 1.88. The van der Waals surface area contributed by atoms with Crippen LogP contribution in [0.4, 0.5) is 14.5 Å². The second kappa shape index (κ2) is 5.02. The van der Waals surface area contributed by atoms with Crippen LogP contribution in [0.3, 0.4) is 0 Å². The lowest BCUT2D eigenvalue weighted by atomic mass is 10.3. The van der Waals surface area contributed by atoms with Crippen LogP contribution in [0.1, 0.15) is 0 Å². The third-order valence-corrected chi connectivity index (χ3v) is 2.24. The molecular formula is C9H6BrF2NO3. The van der Waals surface area contributed by atoms with E-state index in [1.165, 1.54) is 0 Å². The molecule has 0 aliphatic heterocycles. The van der Waals surface area contributed by atoms with Gasteiger partial charge in [-0.2, -0.15) is 0 Å². The van der Waals surface area contributed by atoms with Crippen molar-refractivity contribution in [3.8, 4) is 0 Å². The maximum atomic E-state index is 13.2. The summed E-state index contributed by atoms with van der Waals surface area (Å²) in [6.07, 6.45) is 0. The van der Waals surface area contributed by atoms with Crippen molar-refractivity contribution in [3.63, 3.8) is 0 Å². The number of anilines is 1. The molecule has 1 aromatic rings. The number of benzene rings is 1. The van der Waals surface area contributed by atoms with Crippen LogP contribution in [0.5, 0.6) is 0 Å². The minimum atomic E-state index is -1.19. The van der Waals surface area contributed by atoms with Crippen LogP contribution in [0.25, 0.3) is 0 Å². The molecule has 0 saturated heterocycles. The molecule has 1 N–H and O–H groups in total. The number of rotatable bonds is 1. The highest BCUT2D eigenvalue weighted by Gasteiger charge is 2.17. The van der Waals surface area contributed by atoms with Gasteiger partial charge in [-0.05, 0) is 22.0 Å². The Morgan fingerprint density at radius 2 is 1.94 bits per heavy atom.